The van der Waals surface area contributed by atoms with E-state index >= 15 is 0 Å². The van der Waals surface area contributed by atoms with Crippen LogP contribution in [0.5, 0.6) is 0 Å². The van der Waals surface area contributed by atoms with E-state index in [4.69, 9.17) is 5.11 Å². The molecule has 0 bridgehead atoms. The zero-order valence-corrected chi connectivity index (χ0v) is 13.1. The highest BCUT2D eigenvalue weighted by Crippen LogP contribution is 2.24. The van der Waals surface area contributed by atoms with E-state index in [2.05, 4.69) is 9.80 Å². The molecule has 20 heavy (non-hydrogen) atoms. The molecule has 2 rings (SSSR count). The number of carboxylic acid groups (broad SMARTS) is 1. The first-order valence-corrected chi connectivity index (χ1v) is 8.15. The summed E-state index contributed by atoms with van der Waals surface area (Å²) in [6, 6.07) is 0. The Hall–Kier alpha value is -0.610. The Morgan fingerprint density at radius 1 is 1.10 bits per heavy atom. The first-order valence-electron chi connectivity index (χ1n) is 8.15. The van der Waals surface area contributed by atoms with Crippen molar-refractivity contribution < 1.29 is 9.90 Å². The molecule has 4 nitrogen and oxygen atoms in total. The molecular weight excluding hydrogens is 252 g/mol. The van der Waals surface area contributed by atoms with Crippen LogP contribution in [-0.4, -0.2) is 60.1 Å². The number of hydrogen-bond donors (Lipinski definition) is 1. The van der Waals surface area contributed by atoms with Crippen molar-refractivity contribution in [2.45, 2.75) is 46.0 Å². The second-order valence-electron chi connectivity index (χ2n) is 7.23. The van der Waals surface area contributed by atoms with Crippen molar-refractivity contribution in [1.29, 1.82) is 0 Å². The maximum absolute atomic E-state index is 11.1. The molecule has 0 unspecified atom stereocenters. The van der Waals surface area contributed by atoms with Gasteiger partial charge in [-0.1, -0.05) is 0 Å². The van der Waals surface area contributed by atoms with Gasteiger partial charge in [-0.2, -0.15) is 0 Å². The van der Waals surface area contributed by atoms with Gasteiger partial charge in [0.1, 0.15) is 0 Å². The molecule has 1 N–H and O–H groups in total. The van der Waals surface area contributed by atoms with Crippen molar-refractivity contribution in [2.75, 3.05) is 39.3 Å². The molecule has 0 aromatic carbocycles. The average molecular weight is 282 g/mol. The van der Waals surface area contributed by atoms with Crippen molar-refractivity contribution >= 4 is 5.97 Å². The molecule has 0 spiro atoms. The molecule has 0 saturated carbocycles. The molecule has 4 heteroatoms. The minimum absolute atomic E-state index is 0.591. The van der Waals surface area contributed by atoms with Crippen LogP contribution in [-0.2, 0) is 4.79 Å². The standard InChI is InChI=1S/C16H30N2O2/c1-16(2,15(19)20)7-12-17-10-5-14(6-11-17)13-18-8-3-4-9-18/h14H,3-13H2,1-2H3,(H,19,20). The van der Waals surface area contributed by atoms with Crippen LogP contribution in [0.2, 0.25) is 0 Å². The van der Waals surface area contributed by atoms with Crippen LogP contribution in [0.1, 0.15) is 46.0 Å². The topological polar surface area (TPSA) is 43.8 Å². The maximum Gasteiger partial charge on any atom is 0.309 e. The van der Waals surface area contributed by atoms with Crippen LogP contribution >= 0.6 is 0 Å². The van der Waals surface area contributed by atoms with Gasteiger partial charge in [-0.25, -0.2) is 0 Å². The highest BCUT2D eigenvalue weighted by atomic mass is 16.4. The second-order valence-corrected chi connectivity index (χ2v) is 7.23. The van der Waals surface area contributed by atoms with E-state index in [1.54, 1.807) is 0 Å². The first kappa shape index (κ1) is 15.8. The molecule has 2 aliphatic rings. The molecule has 116 valence electrons. The number of carboxylic acids is 1. The summed E-state index contributed by atoms with van der Waals surface area (Å²) in [5.41, 5.74) is -0.591. The van der Waals surface area contributed by atoms with Gasteiger partial charge >= 0.3 is 5.97 Å². The predicted octanol–water partition coefficient (Wildman–Crippen LogP) is 2.30. The first-order chi connectivity index (χ1) is 9.47. The van der Waals surface area contributed by atoms with Crippen LogP contribution < -0.4 is 0 Å². The molecule has 2 saturated heterocycles. The zero-order chi connectivity index (χ0) is 14.6. The largest absolute Gasteiger partial charge is 0.481 e. The Labute approximate surface area is 123 Å². The lowest BCUT2D eigenvalue weighted by Gasteiger charge is -2.35. The molecule has 2 aliphatic heterocycles. The van der Waals surface area contributed by atoms with Gasteiger partial charge in [0.05, 0.1) is 5.41 Å². The molecule has 0 radical (unpaired) electrons. The van der Waals surface area contributed by atoms with Crippen LogP contribution in [0, 0.1) is 11.3 Å². The summed E-state index contributed by atoms with van der Waals surface area (Å²) in [5, 5.41) is 9.15. The Kier molecular flexibility index (Phi) is 5.44. The minimum atomic E-state index is -0.679. The molecular formula is C16H30N2O2. The van der Waals surface area contributed by atoms with E-state index in [1.807, 2.05) is 13.8 Å². The summed E-state index contributed by atoms with van der Waals surface area (Å²) in [6.07, 6.45) is 6.07. The van der Waals surface area contributed by atoms with Crippen molar-refractivity contribution in [3.05, 3.63) is 0 Å². The summed E-state index contributed by atoms with van der Waals surface area (Å²) < 4.78 is 0. The van der Waals surface area contributed by atoms with E-state index < -0.39 is 11.4 Å². The monoisotopic (exact) mass is 282 g/mol. The van der Waals surface area contributed by atoms with E-state index in [1.165, 1.54) is 45.3 Å². The lowest BCUT2D eigenvalue weighted by Crippen LogP contribution is -2.40. The third-order valence-electron chi connectivity index (χ3n) is 5.05. The number of carbonyl (C=O) groups is 1. The fourth-order valence-electron chi connectivity index (χ4n) is 3.27. The zero-order valence-electron chi connectivity index (χ0n) is 13.1. The van der Waals surface area contributed by atoms with Crippen LogP contribution in [0.15, 0.2) is 0 Å². The number of hydrogen-bond acceptors (Lipinski definition) is 3. The third kappa shape index (κ3) is 4.45. The second kappa shape index (κ2) is 6.90. The van der Waals surface area contributed by atoms with Crippen LogP contribution in [0.4, 0.5) is 0 Å². The third-order valence-corrected chi connectivity index (χ3v) is 5.05. The fourth-order valence-corrected chi connectivity index (χ4v) is 3.27. The highest BCUT2D eigenvalue weighted by molar-refractivity contribution is 5.73. The number of aliphatic carboxylic acids is 1. The Morgan fingerprint density at radius 3 is 2.25 bits per heavy atom. The van der Waals surface area contributed by atoms with Crippen LogP contribution in [0.3, 0.4) is 0 Å². The van der Waals surface area contributed by atoms with Crippen molar-refractivity contribution in [1.82, 2.24) is 9.80 Å². The minimum Gasteiger partial charge on any atom is -0.481 e. The van der Waals surface area contributed by atoms with Gasteiger partial charge < -0.3 is 14.9 Å². The molecule has 0 amide bonds. The summed E-state index contributed by atoms with van der Waals surface area (Å²) in [6.45, 7) is 10.8. The highest BCUT2D eigenvalue weighted by Gasteiger charge is 2.29. The van der Waals surface area contributed by atoms with Crippen molar-refractivity contribution in [3.8, 4) is 0 Å². The van der Waals surface area contributed by atoms with E-state index in [9.17, 15) is 4.79 Å². The van der Waals surface area contributed by atoms with Gasteiger partial charge in [-0.3, -0.25) is 4.79 Å². The number of rotatable bonds is 6. The Bertz CT molecular complexity index is 316. The fraction of sp³-hybridized carbons (Fsp3) is 0.938. The van der Waals surface area contributed by atoms with Gasteiger partial charge in [-0.15, -0.1) is 0 Å². The predicted molar refractivity (Wildman–Crippen MR) is 80.9 cm³/mol. The molecule has 2 heterocycles. The Balaban J connectivity index is 1.65. The van der Waals surface area contributed by atoms with Gasteiger partial charge in [0.2, 0.25) is 0 Å². The molecule has 0 aliphatic carbocycles. The van der Waals surface area contributed by atoms with Crippen LogP contribution in [0.25, 0.3) is 0 Å². The van der Waals surface area contributed by atoms with E-state index in [0.29, 0.717) is 0 Å². The molecule has 0 aromatic rings. The maximum atomic E-state index is 11.1. The van der Waals surface area contributed by atoms with Gasteiger partial charge in [0.15, 0.2) is 0 Å². The van der Waals surface area contributed by atoms with E-state index in [-0.39, 0.29) is 0 Å². The summed E-state index contributed by atoms with van der Waals surface area (Å²) in [7, 11) is 0. The van der Waals surface area contributed by atoms with Gasteiger partial charge in [0, 0.05) is 6.54 Å². The summed E-state index contributed by atoms with van der Waals surface area (Å²) >= 11 is 0. The van der Waals surface area contributed by atoms with Crippen molar-refractivity contribution in [2.24, 2.45) is 11.3 Å². The smallest absolute Gasteiger partial charge is 0.309 e. The molecule has 2 fully saturated rings. The molecule has 0 atom stereocenters. The number of likely N-dealkylation sites (tertiary alicyclic amines) is 2. The quantitative estimate of drug-likeness (QED) is 0.812. The Morgan fingerprint density at radius 2 is 1.70 bits per heavy atom. The van der Waals surface area contributed by atoms with Gasteiger partial charge in [-0.05, 0) is 84.6 Å². The molecule has 0 aromatic heterocycles. The normalized spacial score (nSPS) is 23.3. The van der Waals surface area contributed by atoms with Crippen molar-refractivity contribution in [3.63, 3.8) is 0 Å². The lowest BCUT2D eigenvalue weighted by molar-refractivity contribution is -0.147. The number of piperidine rings is 1. The summed E-state index contributed by atoms with van der Waals surface area (Å²) in [4.78, 5) is 16.2. The lowest BCUT2D eigenvalue weighted by atomic mass is 9.88. The average Bonchev–Trinajstić information content (AvgIpc) is 2.91. The SMILES string of the molecule is CC(C)(CCN1CCC(CN2CCCC2)CC1)C(=O)O. The van der Waals surface area contributed by atoms with Gasteiger partial charge in [0.25, 0.3) is 0 Å². The number of nitrogens with zero attached hydrogens (tertiary/aromatic N) is 2. The summed E-state index contributed by atoms with van der Waals surface area (Å²) in [5.74, 6) is 0.179. The van der Waals surface area contributed by atoms with E-state index in [0.717, 1.165) is 32.0 Å².